The fourth-order valence-electron chi connectivity index (χ4n) is 4.25. The number of anilines is 2. The Morgan fingerprint density at radius 1 is 1.41 bits per heavy atom. The lowest BCUT2D eigenvalue weighted by atomic mass is 10.0. The van der Waals surface area contributed by atoms with Crippen molar-refractivity contribution >= 4 is 39.0 Å². The summed E-state index contributed by atoms with van der Waals surface area (Å²) in [7, 11) is 0. The third kappa shape index (κ3) is 4.69. The van der Waals surface area contributed by atoms with Gasteiger partial charge in [0.15, 0.2) is 0 Å². The maximum atomic E-state index is 11.5. The van der Waals surface area contributed by atoms with Gasteiger partial charge < -0.3 is 26.2 Å². The summed E-state index contributed by atoms with van der Waals surface area (Å²) < 4.78 is 0. The summed E-state index contributed by atoms with van der Waals surface area (Å²) in [6.07, 6.45) is 6.47. The van der Waals surface area contributed by atoms with Gasteiger partial charge in [-0.05, 0) is 37.0 Å². The number of aliphatic hydroxyl groups excluding tert-OH is 1. The van der Waals surface area contributed by atoms with Crippen LogP contribution in [0.2, 0.25) is 0 Å². The Morgan fingerprint density at radius 3 is 2.84 bits per heavy atom. The van der Waals surface area contributed by atoms with Gasteiger partial charge in [0, 0.05) is 49.0 Å². The number of carboxylic acid groups (broad SMARTS) is 1. The first-order chi connectivity index (χ1) is 15.5. The molecule has 8 nitrogen and oxygen atoms in total. The maximum absolute atomic E-state index is 11.5. The predicted molar refractivity (Wildman–Crippen MR) is 127 cm³/mol. The van der Waals surface area contributed by atoms with Gasteiger partial charge in [0.2, 0.25) is 0 Å². The van der Waals surface area contributed by atoms with Crippen molar-refractivity contribution in [1.82, 2.24) is 15.3 Å². The minimum absolute atomic E-state index is 0.164. The average molecular weight is 456 g/mol. The van der Waals surface area contributed by atoms with Crippen LogP contribution in [-0.2, 0) is 6.42 Å². The Bertz CT molecular complexity index is 1080. The zero-order chi connectivity index (χ0) is 22.7. The van der Waals surface area contributed by atoms with Crippen LogP contribution in [0.15, 0.2) is 30.6 Å². The van der Waals surface area contributed by atoms with Crippen molar-refractivity contribution in [3.8, 4) is 0 Å². The van der Waals surface area contributed by atoms with Gasteiger partial charge in [-0.15, -0.1) is 11.3 Å². The number of piperidine rings is 1. The van der Waals surface area contributed by atoms with Gasteiger partial charge in [-0.1, -0.05) is 19.4 Å². The highest BCUT2D eigenvalue weighted by atomic mass is 32.1. The number of nitrogen functional groups attached to an aromatic ring is 1. The number of aromatic nitrogens is 2. The molecule has 4 heterocycles. The molecule has 32 heavy (non-hydrogen) atoms. The van der Waals surface area contributed by atoms with Crippen molar-refractivity contribution in [2.24, 2.45) is 0 Å². The standard InChI is InChI=1S/C23H29N5O3S/c1-2-4-14-11-18(27-22-19(14)20(24)21(32-22)23(30)31)28-9-6-16(7-10-28)26-13-17(29)15-5-3-8-25-12-15/h3,5,8,11-12,16-17,26,29H,2,4,6-7,9-10,13,24H2,1H3,(H,30,31). The fraction of sp³-hybridized carbons (Fsp3) is 0.435. The van der Waals surface area contributed by atoms with E-state index in [-0.39, 0.29) is 4.88 Å². The summed E-state index contributed by atoms with van der Waals surface area (Å²) in [5.41, 5.74) is 8.37. The number of aromatic carboxylic acids is 1. The van der Waals surface area contributed by atoms with Crippen LogP contribution in [0.5, 0.6) is 0 Å². The van der Waals surface area contributed by atoms with Crippen LogP contribution in [0, 0.1) is 0 Å². The Kier molecular flexibility index (Phi) is 6.88. The molecule has 3 aromatic heterocycles. The van der Waals surface area contributed by atoms with Crippen LogP contribution in [-0.4, -0.2) is 51.8 Å². The highest BCUT2D eigenvalue weighted by Crippen LogP contribution is 2.37. The molecule has 0 spiro atoms. The lowest BCUT2D eigenvalue weighted by molar-refractivity contribution is 0.0703. The van der Waals surface area contributed by atoms with Crippen molar-refractivity contribution < 1.29 is 15.0 Å². The third-order valence-electron chi connectivity index (χ3n) is 5.97. The molecule has 0 amide bonds. The van der Waals surface area contributed by atoms with Crippen molar-refractivity contribution in [1.29, 1.82) is 0 Å². The largest absolute Gasteiger partial charge is 0.477 e. The van der Waals surface area contributed by atoms with E-state index in [9.17, 15) is 15.0 Å². The molecule has 1 unspecified atom stereocenters. The van der Waals surface area contributed by atoms with E-state index in [4.69, 9.17) is 10.7 Å². The molecule has 0 aromatic carbocycles. The second kappa shape index (κ2) is 9.81. The van der Waals surface area contributed by atoms with E-state index in [1.807, 2.05) is 12.1 Å². The number of fused-ring (bicyclic) bond motifs is 1. The average Bonchev–Trinajstić information content (AvgIpc) is 3.15. The molecular formula is C23H29N5O3S. The summed E-state index contributed by atoms with van der Waals surface area (Å²) in [4.78, 5) is 23.5. The number of aliphatic hydroxyl groups is 1. The van der Waals surface area contributed by atoms with Gasteiger partial charge in [-0.2, -0.15) is 0 Å². The summed E-state index contributed by atoms with van der Waals surface area (Å²) in [5.74, 6) is -0.122. The first kappa shape index (κ1) is 22.4. The molecule has 3 aromatic rings. The van der Waals surface area contributed by atoms with E-state index in [2.05, 4.69) is 28.2 Å². The molecule has 1 aliphatic heterocycles. The van der Waals surface area contributed by atoms with Crippen LogP contribution in [0.3, 0.4) is 0 Å². The lowest BCUT2D eigenvalue weighted by Gasteiger charge is -2.34. The lowest BCUT2D eigenvalue weighted by Crippen LogP contribution is -2.44. The first-order valence-corrected chi connectivity index (χ1v) is 11.8. The van der Waals surface area contributed by atoms with Gasteiger partial charge in [-0.3, -0.25) is 4.98 Å². The third-order valence-corrected chi connectivity index (χ3v) is 7.06. The summed E-state index contributed by atoms with van der Waals surface area (Å²) in [5, 5.41) is 24.1. The molecule has 0 radical (unpaired) electrons. The summed E-state index contributed by atoms with van der Waals surface area (Å²) >= 11 is 1.15. The molecule has 1 fully saturated rings. The first-order valence-electron chi connectivity index (χ1n) is 11.0. The number of thiophene rings is 1. The minimum atomic E-state index is -1.00. The maximum Gasteiger partial charge on any atom is 0.348 e. The topological polar surface area (TPSA) is 125 Å². The number of rotatable bonds is 8. The quantitative estimate of drug-likeness (QED) is 0.408. The number of hydrogen-bond acceptors (Lipinski definition) is 8. The minimum Gasteiger partial charge on any atom is -0.477 e. The SMILES string of the molecule is CCCc1cc(N2CCC(NCC(O)c3cccnc3)CC2)nc2sc(C(=O)O)c(N)c12. The molecule has 1 atom stereocenters. The van der Waals surface area contributed by atoms with Crippen molar-refractivity contribution in [3.63, 3.8) is 0 Å². The predicted octanol–water partition coefficient (Wildman–Crippen LogP) is 3.22. The van der Waals surface area contributed by atoms with Crippen LogP contribution < -0.4 is 16.0 Å². The molecule has 1 saturated heterocycles. The smallest absolute Gasteiger partial charge is 0.348 e. The van der Waals surface area contributed by atoms with Gasteiger partial charge in [0.25, 0.3) is 0 Å². The number of nitrogens with one attached hydrogen (secondary N) is 1. The molecule has 5 N–H and O–H groups in total. The fourth-order valence-corrected chi connectivity index (χ4v) is 5.23. The second-order valence-electron chi connectivity index (χ2n) is 8.19. The number of pyridine rings is 2. The molecular weight excluding hydrogens is 426 g/mol. The van der Waals surface area contributed by atoms with Crippen LogP contribution >= 0.6 is 11.3 Å². The highest BCUT2D eigenvalue weighted by Gasteiger charge is 2.24. The Labute approximate surface area is 191 Å². The van der Waals surface area contributed by atoms with Crippen molar-refractivity contribution in [3.05, 3.63) is 46.6 Å². The second-order valence-corrected chi connectivity index (χ2v) is 9.19. The summed E-state index contributed by atoms with van der Waals surface area (Å²) in [6, 6.07) is 6.10. The Balaban J connectivity index is 1.43. The van der Waals surface area contributed by atoms with Gasteiger partial charge in [-0.25, -0.2) is 9.78 Å². The van der Waals surface area contributed by atoms with Gasteiger partial charge in [0.1, 0.15) is 15.5 Å². The zero-order valence-electron chi connectivity index (χ0n) is 18.1. The number of carbonyl (C=O) groups is 1. The van der Waals surface area contributed by atoms with E-state index < -0.39 is 12.1 Å². The summed E-state index contributed by atoms with van der Waals surface area (Å²) in [6.45, 7) is 4.28. The molecule has 0 aliphatic carbocycles. The van der Waals surface area contributed by atoms with Crippen LogP contribution in [0.1, 0.15) is 53.1 Å². The van der Waals surface area contributed by atoms with Crippen molar-refractivity contribution in [2.45, 2.75) is 44.8 Å². The normalized spacial score (nSPS) is 15.9. The number of carboxylic acids is 1. The molecule has 170 valence electrons. The Hall–Kier alpha value is -2.75. The number of nitrogens with two attached hydrogens (primary N) is 1. The van der Waals surface area contributed by atoms with E-state index in [0.29, 0.717) is 23.1 Å². The van der Waals surface area contributed by atoms with Gasteiger partial charge in [0.05, 0.1) is 11.8 Å². The number of hydrogen-bond donors (Lipinski definition) is 4. The zero-order valence-corrected chi connectivity index (χ0v) is 18.9. The molecule has 1 aliphatic rings. The molecule has 4 rings (SSSR count). The Morgan fingerprint density at radius 2 is 2.19 bits per heavy atom. The number of aryl methyl sites for hydroxylation is 1. The van der Waals surface area contributed by atoms with E-state index in [1.165, 1.54) is 0 Å². The highest BCUT2D eigenvalue weighted by molar-refractivity contribution is 7.21. The molecule has 0 bridgehead atoms. The van der Waals surface area contributed by atoms with Crippen LogP contribution in [0.25, 0.3) is 10.2 Å². The molecule has 0 saturated carbocycles. The van der Waals surface area contributed by atoms with E-state index in [1.54, 1.807) is 12.4 Å². The van der Waals surface area contributed by atoms with E-state index >= 15 is 0 Å². The van der Waals surface area contributed by atoms with Gasteiger partial charge >= 0.3 is 5.97 Å². The van der Waals surface area contributed by atoms with E-state index in [0.717, 1.165) is 72.4 Å². The number of nitrogens with zero attached hydrogens (tertiary/aromatic N) is 3. The van der Waals surface area contributed by atoms with Crippen LogP contribution in [0.4, 0.5) is 11.5 Å². The van der Waals surface area contributed by atoms with Crippen molar-refractivity contribution in [2.75, 3.05) is 30.3 Å². The molecule has 9 heteroatoms. The monoisotopic (exact) mass is 455 g/mol.